The minimum absolute atomic E-state index is 0.0852. The topological polar surface area (TPSA) is 15.3 Å². The van der Waals surface area contributed by atoms with Crippen LogP contribution in [0.1, 0.15) is 31.7 Å². The van der Waals surface area contributed by atoms with Crippen LogP contribution in [0.4, 0.5) is 10.1 Å². The summed E-state index contributed by atoms with van der Waals surface area (Å²) in [7, 11) is 0. The predicted molar refractivity (Wildman–Crippen MR) is 69.8 cm³/mol. The number of hydrogen-bond donors (Lipinski definition) is 1. The highest BCUT2D eigenvalue weighted by Gasteiger charge is 2.17. The van der Waals surface area contributed by atoms with Crippen LogP contribution in [-0.4, -0.2) is 19.6 Å². The Morgan fingerprint density at radius 1 is 1.29 bits per heavy atom. The second-order valence-electron chi connectivity index (χ2n) is 4.61. The summed E-state index contributed by atoms with van der Waals surface area (Å²) in [5.41, 5.74) is 1.90. The number of nitrogens with zero attached hydrogens (tertiary/aromatic N) is 1. The number of anilines is 1. The third-order valence-corrected chi connectivity index (χ3v) is 3.27. The van der Waals surface area contributed by atoms with Crippen LogP contribution in [0.2, 0.25) is 0 Å². The molecule has 0 amide bonds. The van der Waals surface area contributed by atoms with Crippen molar-refractivity contribution in [2.24, 2.45) is 0 Å². The zero-order valence-corrected chi connectivity index (χ0v) is 10.5. The van der Waals surface area contributed by atoms with Crippen molar-refractivity contribution in [2.75, 3.05) is 24.5 Å². The Morgan fingerprint density at radius 3 is 2.76 bits per heavy atom. The normalized spacial score (nSPS) is 15.5. The molecule has 1 aliphatic rings. The Balaban J connectivity index is 2.15. The number of hydrogen-bond acceptors (Lipinski definition) is 2. The molecule has 0 aromatic heterocycles. The Kier molecular flexibility index (Phi) is 4.37. The van der Waals surface area contributed by atoms with Crippen LogP contribution >= 0.6 is 0 Å². The second kappa shape index (κ2) is 6.01. The lowest BCUT2D eigenvalue weighted by molar-refractivity contribution is 0.585. The van der Waals surface area contributed by atoms with Crippen molar-refractivity contribution in [1.82, 2.24) is 5.32 Å². The molecule has 0 radical (unpaired) electrons. The molecule has 0 bridgehead atoms. The minimum atomic E-state index is -0.0852. The van der Waals surface area contributed by atoms with E-state index >= 15 is 0 Å². The van der Waals surface area contributed by atoms with Crippen LogP contribution in [0.15, 0.2) is 18.2 Å². The smallest absolute Gasteiger partial charge is 0.129 e. The highest BCUT2D eigenvalue weighted by Crippen LogP contribution is 2.26. The van der Waals surface area contributed by atoms with E-state index in [0.717, 1.165) is 37.3 Å². The number of nitrogens with one attached hydrogen (secondary N) is 1. The summed E-state index contributed by atoms with van der Waals surface area (Å²) in [6.07, 6.45) is 3.52. The molecule has 0 atom stereocenters. The van der Waals surface area contributed by atoms with E-state index in [1.54, 1.807) is 6.07 Å². The Bertz CT molecular complexity index is 359. The third kappa shape index (κ3) is 2.97. The molecule has 17 heavy (non-hydrogen) atoms. The first kappa shape index (κ1) is 12.4. The van der Waals surface area contributed by atoms with Crippen molar-refractivity contribution < 1.29 is 4.39 Å². The number of benzene rings is 1. The average molecular weight is 236 g/mol. The number of rotatable bonds is 5. The summed E-state index contributed by atoms with van der Waals surface area (Å²) in [4.78, 5) is 2.30. The molecule has 2 rings (SSSR count). The molecule has 0 spiro atoms. The van der Waals surface area contributed by atoms with E-state index in [1.165, 1.54) is 12.8 Å². The van der Waals surface area contributed by atoms with E-state index in [-0.39, 0.29) is 5.82 Å². The van der Waals surface area contributed by atoms with Gasteiger partial charge in [0.25, 0.3) is 0 Å². The molecule has 1 heterocycles. The summed E-state index contributed by atoms with van der Waals surface area (Å²) >= 11 is 0. The van der Waals surface area contributed by atoms with Gasteiger partial charge in [0.1, 0.15) is 5.82 Å². The zero-order chi connectivity index (χ0) is 12.1. The highest BCUT2D eigenvalue weighted by molar-refractivity contribution is 5.54. The first-order chi connectivity index (χ1) is 8.33. The van der Waals surface area contributed by atoms with Crippen LogP contribution in [0.5, 0.6) is 0 Å². The monoisotopic (exact) mass is 236 g/mol. The fourth-order valence-electron chi connectivity index (χ4n) is 2.37. The fraction of sp³-hybridized carbons (Fsp3) is 0.571. The molecular formula is C14H21FN2. The predicted octanol–water partition coefficient (Wildman–Crippen LogP) is 2.93. The minimum Gasteiger partial charge on any atom is -0.371 e. The standard InChI is InChI=1S/C14H21FN2/c1-2-8-16-11-12-13(15)6-5-7-14(12)17-9-3-4-10-17/h5-7,16H,2-4,8-11H2,1H3. The van der Waals surface area contributed by atoms with Crippen LogP contribution in [-0.2, 0) is 6.54 Å². The highest BCUT2D eigenvalue weighted by atomic mass is 19.1. The molecular weight excluding hydrogens is 215 g/mol. The van der Waals surface area contributed by atoms with Crippen molar-refractivity contribution >= 4 is 5.69 Å². The van der Waals surface area contributed by atoms with Gasteiger partial charge in [-0.3, -0.25) is 0 Å². The molecule has 1 N–H and O–H groups in total. The molecule has 1 aromatic carbocycles. The first-order valence-electron chi connectivity index (χ1n) is 6.56. The third-order valence-electron chi connectivity index (χ3n) is 3.27. The van der Waals surface area contributed by atoms with E-state index < -0.39 is 0 Å². The zero-order valence-electron chi connectivity index (χ0n) is 10.5. The molecule has 1 aliphatic heterocycles. The SMILES string of the molecule is CCCNCc1c(F)cccc1N1CCCC1. The largest absolute Gasteiger partial charge is 0.371 e. The van der Waals surface area contributed by atoms with Gasteiger partial charge in [0.05, 0.1) is 0 Å². The summed E-state index contributed by atoms with van der Waals surface area (Å²) < 4.78 is 13.9. The van der Waals surface area contributed by atoms with Crippen molar-refractivity contribution in [3.63, 3.8) is 0 Å². The lowest BCUT2D eigenvalue weighted by atomic mass is 10.1. The fourth-order valence-corrected chi connectivity index (χ4v) is 2.37. The van der Waals surface area contributed by atoms with Gasteiger partial charge in [0, 0.05) is 30.9 Å². The maximum atomic E-state index is 13.9. The van der Waals surface area contributed by atoms with Gasteiger partial charge in [-0.15, -0.1) is 0 Å². The summed E-state index contributed by atoms with van der Waals surface area (Å²) in [5.74, 6) is -0.0852. The molecule has 0 aliphatic carbocycles. The van der Waals surface area contributed by atoms with Crippen molar-refractivity contribution in [3.05, 3.63) is 29.6 Å². The molecule has 94 valence electrons. The average Bonchev–Trinajstić information content (AvgIpc) is 2.85. The van der Waals surface area contributed by atoms with Crippen LogP contribution in [0, 0.1) is 5.82 Å². The lowest BCUT2D eigenvalue weighted by Gasteiger charge is -2.22. The Labute approximate surface area is 103 Å². The van der Waals surface area contributed by atoms with E-state index in [4.69, 9.17) is 0 Å². The van der Waals surface area contributed by atoms with E-state index in [1.807, 2.05) is 12.1 Å². The van der Waals surface area contributed by atoms with Gasteiger partial charge < -0.3 is 10.2 Å². The number of halogens is 1. The summed E-state index contributed by atoms with van der Waals surface area (Å²) in [6.45, 7) is 5.81. The van der Waals surface area contributed by atoms with E-state index in [2.05, 4.69) is 17.1 Å². The van der Waals surface area contributed by atoms with Gasteiger partial charge in [0.15, 0.2) is 0 Å². The molecule has 0 unspecified atom stereocenters. The van der Waals surface area contributed by atoms with Gasteiger partial charge in [-0.05, 0) is 37.9 Å². The molecule has 1 fully saturated rings. The van der Waals surface area contributed by atoms with Gasteiger partial charge in [-0.1, -0.05) is 13.0 Å². The first-order valence-corrected chi connectivity index (χ1v) is 6.56. The summed E-state index contributed by atoms with van der Waals surface area (Å²) in [6, 6.07) is 5.41. The van der Waals surface area contributed by atoms with Gasteiger partial charge in [-0.25, -0.2) is 4.39 Å². The molecule has 1 saturated heterocycles. The Morgan fingerprint density at radius 2 is 2.06 bits per heavy atom. The van der Waals surface area contributed by atoms with Gasteiger partial charge in [-0.2, -0.15) is 0 Å². The molecule has 3 heteroatoms. The van der Waals surface area contributed by atoms with Crippen LogP contribution < -0.4 is 10.2 Å². The maximum Gasteiger partial charge on any atom is 0.129 e. The quantitative estimate of drug-likeness (QED) is 0.791. The van der Waals surface area contributed by atoms with Gasteiger partial charge in [0.2, 0.25) is 0 Å². The van der Waals surface area contributed by atoms with Crippen LogP contribution in [0.25, 0.3) is 0 Å². The van der Waals surface area contributed by atoms with Crippen molar-refractivity contribution in [2.45, 2.75) is 32.7 Å². The Hall–Kier alpha value is -1.09. The van der Waals surface area contributed by atoms with Crippen LogP contribution in [0.3, 0.4) is 0 Å². The van der Waals surface area contributed by atoms with E-state index in [0.29, 0.717) is 6.54 Å². The molecule has 1 aromatic rings. The lowest BCUT2D eigenvalue weighted by Crippen LogP contribution is -2.23. The molecule has 2 nitrogen and oxygen atoms in total. The van der Waals surface area contributed by atoms with Gasteiger partial charge >= 0.3 is 0 Å². The van der Waals surface area contributed by atoms with E-state index in [9.17, 15) is 4.39 Å². The maximum absolute atomic E-state index is 13.9. The molecule has 0 saturated carbocycles. The summed E-state index contributed by atoms with van der Waals surface area (Å²) in [5, 5.41) is 3.29. The van der Waals surface area contributed by atoms with Crippen molar-refractivity contribution in [3.8, 4) is 0 Å². The second-order valence-corrected chi connectivity index (χ2v) is 4.61. The van der Waals surface area contributed by atoms with Crippen molar-refractivity contribution in [1.29, 1.82) is 0 Å².